The fraction of sp³-hybridized carbons (Fsp3) is 0.0741. The highest BCUT2D eigenvalue weighted by Crippen LogP contribution is 2.21. The van der Waals surface area contributed by atoms with Crippen molar-refractivity contribution < 1.29 is 9.59 Å². The molecule has 0 aliphatic rings. The molecule has 0 atom stereocenters. The quantitative estimate of drug-likeness (QED) is 0.351. The fourth-order valence-corrected chi connectivity index (χ4v) is 3.85. The number of hydrogen-bond donors (Lipinski definition) is 3. The fourth-order valence-electron chi connectivity index (χ4n) is 3.62. The number of nitrogens with one attached hydrogen (secondary N) is 3. The summed E-state index contributed by atoms with van der Waals surface area (Å²) in [5.74, 6) is -0.358. The number of rotatable bonds is 5. The summed E-state index contributed by atoms with van der Waals surface area (Å²) >= 11 is 5.32. The summed E-state index contributed by atoms with van der Waals surface area (Å²) in [6, 6.07) is 28.4. The van der Waals surface area contributed by atoms with Crippen LogP contribution in [0, 0.1) is 6.92 Å². The third-order valence-corrected chi connectivity index (χ3v) is 5.46. The number of carbonyl (C=O) groups is 2. The molecule has 0 unspecified atom stereocenters. The number of carbonyl (C=O) groups excluding carboxylic acids is 2. The first-order valence-corrected chi connectivity index (χ1v) is 10.9. The molecule has 5 nitrogen and oxygen atoms in total. The Morgan fingerprint density at radius 2 is 1.55 bits per heavy atom. The van der Waals surface area contributed by atoms with Crippen LogP contribution in [0.2, 0.25) is 0 Å². The van der Waals surface area contributed by atoms with Crippen LogP contribution in [0.1, 0.15) is 21.5 Å². The number of thiocarbonyl (C=S) groups is 1. The van der Waals surface area contributed by atoms with E-state index < -0.39 is 0 Å². The van der Waals surface area contributed by atoms with E-state index in [0.29, 0.717) is 11.3 Å². The van der Waals surface area contributed by atoms with Gasteiger partial charge in [-0.05, 0) is 71.4 Å². The van der Waals surface area contributed by atoms with Crippen LogP contribution in [0.4, 0.5) is 11.4 Å². The average Bonchev–Trinajstić information content (AvgIpc) is 2.81. The molecule has 6 heteroatoms. The molecule has 0 heterocycles. The van der Waals surface area contributed by atoms with Gasteiger partial charge in [-0.1, -0.05) is 60.7 Å². The molecule has 4 aromatic carbocycles. The Bertz CT molecular complexity index is 1330. The van der Waals surface area contributed by atoms with Gasteiger partial charge in [-0.3, -0.25) is 9.59 Å². The highest BCUT2D eigenvalue weighted by atomic mass is 32.1. The first-order valence-electron chi connectivity index (χ1n) is 10.5. The second kappa shape index (κ2) is 10.1. The lowest BCUT2D eigenvalue weighted by Crippen LogP contribution is -2.35. The van der Waals surface area contributed by atoms with E-state index in [2.05, 4.69) is 16.0 Å². The van der Waals surface area contributed by atoms with Gasteiger partial charge in [0.15, 0.2) is 5.11 Å². The molecule has 33 heavy (non-hydrogen) atoms. The molecule has 4 rings (SSSR count). The lowest BCUT2D eigenvalue weighted by atomic mass is 10.0. The Morgan fingerprint density at radius 3 is 2.33 bits per heavy atom. The summed E-state index contributed by atoms with van der Waals surface area (Å²) in [4.78, 5) is 24.9. The van der Waals surface area contributed by atoms with Crippen LogP contribution in [-0.2, 0) is 11.2 Å². The SMILES string of the molecule is Cc1cc(NC(=S)NC(=O)Cc2cccc3ccccc23)ccc1NC(=O)c1ccccc1. The molecule has 0 radical (unpaired) electrons. The average molecular weight is 454 g/mol. The highest BCUT2D eigenvalue weighted by molar-refractivity contribution is 7.80. The van der Waals surface area contributed by atoms with E-state index in [4.69, 9.17) is 12.2 Å². The van der Waals surface area contributed by atoms with Crippen molar-refractivity contribution in [1.29, 1.82) is 0 Å². The van der Waals surface area contributed by atoms with E-state index in [1.807, 2.05) is 73.7 Å². The maximum Gasteiger partial charge on any atom is 0.255 e. The minimum absolute atomic E-state index is 0.171. The Labute approximate surface area is 197 Å². The van der Waals surface area contributed by atoms with Gasteiger partial charge in [0.25, 0.3) is 5.91 Å². The van der Waals surface area contributed by atoms with E-state index in [9.17, 15) is 9.59 Å². The number of aryl methyl sites for hydroxylation is 1. The van der Waals surface area contributed by atoms with Crippen molar-refractivity contribution >= 4 is 51.3 Å². The van der Waals surface area contributed by atoms with Gasteiger partial charge in [0.1, 0.15) is 0 Å². The second-order valence-corrected chi connectivity index (χ2v) is 8.08. The Hall–Kier alpha value is -4.03. The van der Waals surface area contributed by atoms with E-state index in [1.54, 1.807) is 24.3 Å². The summed E-state index contributed by atoms with van der Waals surface area (Å²) < 4.78 is 0. The van der Waals surface area contributed by atoms with E-state index in [1.165, 1.54) is 0 Å². The van der Waals surface area contributed by atoms with Crippen molar-refractivity contribution in [2.45, 2.75) is 13.3 Å². The zero-order valence-electron chi connectivity index (χ0n) is 18.1. The molecule has 0 fully saturated rings. The van der Waals surface area contributed by atoms with Crippen molar-refractivity contribution in [3.8, 4) is 0 Å². The predicted octanol–water partition coefficient (Wildman–Crippen LogP) is 5.46. The van der Waals surface area contributed by atoms with Crippen LogP contribution in [-0.4, -0.2) is 16.9 Å². The molecule has 4 aromatic rings. The number of amides is 2. The molecule has 3 N–H and O–H groups in total. The lowest BCUT2D eigenvalue weighted by Gasteiger charge is -2.13. The smallest absolute Gasteiger partial charge is 0.255 e. The zero-order chi connectivity index (χ0) is 23.2. The zero-order valence-corrected chi connectivity index (χ0v) is 18.9. The van der Waals surface area contributed by atoms with Crippen molar-refractivity contribution in [2.24, 2.45) is 0 Å². The molecule has 0 saturated carbocycles. The van der Waals surface area contributed by atoms with Crippen LogP contribution in [0.15, 0.2) is 91.0 Å². The summed E-state index contributed by atoms with van der Waals surface area (Å²) in [7, 11) is 0. The lowest BCUT2D eigenvalue weighted by molar-refractivity contribution is -0.119. The van der Waals surface area contributed by atoms with Crippen molar-refractivity contribution in [2.75, 3.05) is 10.6 Å². The molecule has 2 amide bonds. The molecule has 164 valence electrons. The maximum atomic E-state index is 12.5. The van der Waals surface area contributed by atoms with Crippen LogP contribution in [0.5, 0.6) is 0 Å². The standard InChI is InChI=1S/C27H23N3O2S/c1-18-16-22(14-15-24(18)29-26(32)20-9-3-2-4-10-20)28-27(33)30-25(31)17-21-12-7-11-19-8-5-6-13-23(19)21/h2-16H,17H2,1H3,(H,29,32)(H2,28,30,31,33). The number of hydrogen-bond acceptors (Lipinski definition) is 3. The first kappa shape index (κ1) is 22.2. The summed E-state index contributed by atoms with van der Waals surface area (Å²) in [5.41, 5.74) is 3.84. The van der Waals surface area contributed by atoms with Crippen LogP contribution >= 0.6 is 12.2 Å². The second-order valence-electron chi connectivity index (χ2n) is 7.67. The van der Waals surface area contributed by atoms with Gasteiger partial charge in [-0.2, -0.15) is 0 Å². The monoisotopic (exact) mass is 453 g/mol. The van der Waals surface area contributed by atoms with Gasteiger partial charge in [0.2, 0.25) is 5.91 Å². The van der Waals surface area contributed by atoms with E-state index in [0.717, 1.165) is 27.6 Å². The van der Waals surface area contributed by atoms with Gasteiger partial charge in [-0.15, -0.1) is 0 Å². The van der Waals surface area contributed by atoms with Gasteiger partial charge in [0, 0.05) is 16.9 Å². The number of benzene rings is 4. The Kier molecular flexibility index (Phi) is 6.76. The molecule has 0 aliphatic carbocycles. The molecule has 0 aliphatic heterocycles. The number of fused-ring (bicyclic) bond motifs is 1. The Balaban J connectivity index is 1.36. The van der Waals surface area contributed by atoms with Gasteiger partial charge >= 0.3 is 0 Å². The van der Waals surface area contributed by atoms with Gasteiger partial charge < -0.3 is 16.0 Å². The number of anilines is 2. The maximum absolute atomic E-state index is 12.5. The minimum atomic E-state index is -0.188. The van der Waals surface area contributed by atoms with Crippen LogP contribution in [0.25, 0.3) is 10.8 Å². The molecular weight excluding hydrogens is 430 g/mol. The van der Waals surface area contributed by atoms with Gasteiger partial charge in [0.05, 0.1) is 6.42 Å². The van der Waals surface area contributed by atoms with Crippen molar-refractivity contribution in [1.82, 2.24) is 5.32 Å². The van der Waals surface area contributed by atoms with Crippen LogP contribution < -0.4 is 16.0 Å². The highest BCUT2D eigenvalue weighted by Gasteiger charge is 2.11. The predicted molar refractivity (Wildman–Crippen MR) is 138 cm³/mol. The molecule has 0 aromatic heterocycles. The largest absolute Gasteiger partial charge is 0.332 e. The van der Waals surface area contributed by atoms with E-state index >= 15 is 0 Å². The van der Waals surface area contributed by atoms with Gasteiger partial charge in [-0.25, -0.2) is 0 Å². The van der Waals surface area contributed by atoms with Crippen molar-refractivity contribution in [3.63, 3.8) is 0 Å². The summed E-state index contributed by atoms with van der Waals surface area (Å²) in [6.45, 7) is 1.90. The molecule has 0 saturated heterocycles. The third kappa shape index (κ3) is 5.61. The first-order chi connectivity index (χ1) is 16.0. The third-order valence-electron chi connectivity index (χ3n) is 5.25. The minimum Gasteiger partial charge on any atom is -0.332 e. The van der Waals surface area contributed by atoms with E-state index in [-0.39, 0.29) is 23.3 Å². The van der Waals surface area contributed by atoms with Crippen molar-refractivity contribution in [3.05, 3.63) is 108 Å². The molecule has 0 bridgehead atoms. The van der Waals surface area contributed by atoms with Crippen LogP contribution in [0.3, 0.4) is 0 Å². The molecular formula is C27H23N3O2S. The Morgan fingerprint density at radius 1 is 0.818 bits per heavy atom. The summed E-state index contributed by atoms with van der Waals surface area (Å²) in [6.07, 6.45) is 0.229. The normalized spacial score (nSPS) is 10.5. The topological polar surface area (TPSA) is 70.2 Å². The molecule has 0 spiro atoms. The summed E-state index contributed by atoms with van der Waals surface area (Å²) in [5, 5.41) is 11.1.